The number of para-hydroxylation sites is 1. The highest BCUT2D eigenvalue weighted by molar-refractivity contribution is 5.87. The number of carbonyl (C=O) groups is 1. The molecular formula is C15H11FN2O2. The van der Waals surface area contributed by atoms with Crippen LogP contribution in [0.25, 0.3) is 10.9 Å². The van der Waals surface area contributed by atoms with E-state index in [1.165, 1.54) is 12.1 Å². The summed E-state index contributed by atoms with van der Waals surface area (Å²) in [7, 11) is 0. The van der Waals surface area contributed by atoms with Crippen LogP contribution in [0.3, 0.4) is 0 Å². The Kier molecular flexibility index (Phi) is 2.95. The number of rotatable bonds is 3. The van der Waals surface area contributed by atoms with Gasteiger partial charge >= 0.3 is 5.97 Å². The van der Waals surface area contributed by atoms with Gasteiger partial charge < -0.3 is 5.11 Å². The van der Waals surface area contributed by atoms with Gasteiger partial charge in [0.05, 0.1) is 23.8 Å². The third kappa shape index (κ3) is 2.14. The van der Waals surface area contributed by atoms with Crippen LogP contribution in [0.2, 0.25) is 0 Å². The lowest BCUT2D eigenvalue weighted by atomic mass is 10.1. The molecule has 0 aliphatic rings. The van der Waals surface area contributed by atoms with Crippen LogP contribution in [0.4, 0.5) is 4.39 Å². The number of carboxylic acid groups (broad SMARTS) is 1. The van der Waals surface area contributed by atoms with Crippen LogP contribution < -0.4 is 0 Å². The predicted octanol–water partition coefficient (Wildman–Crippen LogP) is 2.92. The molecule has 1 heterocycles. The second kappa shape index (κ2) is 4.77. The summed E-state index contributed by atoms with van der Waals surface area (Å²) in [5, 5.41) is 14.1. The van der Waals surface area contributed by atoms with Gasteiger partial charge in [0, 0.05) is 5.39 Å². The number of hydrogen-bond acceptors (Lipinski definition) is 2. The van der Waals surface area contributed by atoms with Crippen molar-refractivity contribution in [2.75, 3.05) is 0 Å². The van der Waals surface area contributed by atoms with Crippen LogP contribution in [0, 0.1) is 5.82 Å². The first kappa shape index (κ1) is 12.3. The van der Waals surface area contributed by atoms with Gasteiger partial charge in [-0.1, -0.05) is 24.3 Å². The molecule has 1 aromatic heterocycles. The molecule has 3 rings (SSSR count). The zero-order chi connectivity index (χ0) is 14.1. The van der Waals surface area contributed by atoms with Crippen molar-refractivity contribution in [2.24, 2.45) is 0 Å². The first-order chi connectivity index (χ1) is 9.65. The molecule has 0 amide bonds. The maximum atomic E-state index is 13.6. The molecule has 0 unspecified atom stereocenters. The first-order valence-corrected chi connectivity index (χ1v) is 6.07. The molecule has 0 saturated carbocycles. The molecule has 100 valence electrons. The van der Waals surface area contributed by atoms with E-state index in [-0.39, 0.29) is 5.56 Å². The van der Waals surface area contributed by atoms with Crippen LogP contribution in [-0.4, -0.2) is 20.9 Å². The number of aromatic nitrogens is 2. The van der Waals surface area contributed by atoms with Gasteiger partial charge in [-0.2, -0.15) is 5.10 Å². The summed E-state index contributed by atoms with van der Waals surface area (Å²) in [6.07, 6.45) is 1.75. The normalized spacial score (nSPS) is 10.8. The van der Waals surface area contributed by atoms with E-state index in [2.05, 4.69) is 5.10 Å². The number of aromatic carboxylic acids is 1. The monoisotopic (exact) mass is 270 g/mol. The van der Waals surface area contributed by atoms with E-state index in [1.807, 2.05) is 24.3 Å². The Morgan fingerprint density at radius 3 is 2.80 bits per heavy atom. The van der Waals surface area contributed by atoms with Crippen molar-refractivity contribution in [3.05, 3.63) is 65.6 Å². The largest absolute Gasteiger partial charge is 0.478 e. The van der Waals surface area contributed by atoms with Gasteiger partial charge in [-0.25, -0.2) is 9.18 Å². The highest BCUT2D eigenvalue weighted by Gasteiger charge is 2.11. The Hall–Kier alpha value is -2.69. The van der Waals surface area contributed by atoms with Gasteiger partial charge in [0.2, 0.25) is 0 Å². The second-order valence-corrected chi connectivity index (χ2v) is 4.48. The number of carboxylic acids is 1. The van der Waals surface area contributed by atoms with Crippen LogP contribution >= 0.6 is 0 Å². The predicted molar refractivity (Wildman–Crippen MR) is 72.2 cm³/mol. The first-order valence-electron chi connectivity index (χ1n) is 6.07. The molecule has 3 aromatic rings. The third-order valence-corrected chi connectivity index (χ3v) is 3.15. The van der Waals surface area contributed by atoms with E-state index < -0.39 is 11.8 Å². The number of nitrogens with zero attached hydrogens (tertiary/aromatic N) is 2. The molecule has 0 atom stereocenters. The summed E-state index contributed by atoms with van der Waals surface area (Å²) in [5.74, 6) is -2.00. The summed E-state index contributed by atoms with van der Waals surface area (Å²) in [5.41, 5.74) is 1.30. The fourth-order valence-corrected chi connectivity index (χ4v) is 2.16. The lowest BCUT2D eigenvalue weighted by molar-refractivity contribution is 0.0692. The van der Waals surface area contributed by atoms with Crippen LogP contribution in [0.1, 0.15) is 15.9 Å². The van der Waals surface area contributed by atoms with Crippen LogP contribution in [0.5, 0.6) is 0 Å². The van der Waals surface area contributed by atoms with E-state index in [0.717, 1.165) is 10.9 Å². The van der Waals surface area contributed by atoms with Gasteiger partial charge in [-0.15, -0.1) is 0 Å². The van der Waals surface area contributed by atoms with Gasteiger partial charge in [0.15, 0.2) is 0 Å². The molecule has 5 heteroatoms. The number of halogens is 1. The smallest absolute Gasteiger partial charge is 0.338 e. The molecule has 0 spiro atoms. The Bertz CT molecular complexity index is 795. The van der Waals surface area contributed by atoms with E-state index in [1.54, 1.807) is 16.9 Å². The van der Waals surface area contributed by atoms with Crippen molar-refractivity contribution in [3.63, 3.8) is 0 Å². The van der Waals surface area contributed by atoms with E-state index in [4.69, 9.17) is 5.11 Å². The Morgan fingerprint density at radius 1 is 1.25 bits per heavy atom. The molecule has 2 aromatic carbocycles. The minimum Gasteiger partial charge on any atom is -0.478 e. The quantitative estimate of drug-likeness (QED) is 0.796. The minimum atomic E-state index is -1.27. The lowest BCUT2D eigenvalue weighted by Gasteiger charge is -2.05. The molecular weight excluding hydrogens is 259 g/mol. The molecule has 0 aliphatic carbocycles. The maximum absolute atomic E-state index is 13.6. The molecule has 0 bridgehead atoms. The number of hydrogen-bond donors (Lipinski definition) is 1. The molecule has 0 saturated heterocycles. The molecule has 0 aliphatic heterocycles. The van der Waals surface area contributed by atoms with Crippen LogP contribution in [-0.2, 0) is 6.54 Å². The van der Waals surface area contributed by atoms with Crippen molar-refractivity contribution in [3.8, 4) is 0 Å². The van der Waals surface area contributed by atoms with Gasteiger partial charge in [0.25, 0.3) is 0 Å². The standard InChI is InChI=1S/C15H11FN2O2/c16-13-7-10(5-6-12(13)15(19)20)9-18-14-4-2-1-3-11(14)8-17-18/h1-8H,9H2,(H,19,20). The Morgan fingerprint density at radius 2 is 2.05 bits per heavy atom. The van der Waals surface area contributed by atoms with E-state index >= 15 is 0 Å². The Labute approximate surface area is 114 Å². The van der Waals surface area contributed by atoms with Crippen molar-refractivity contribution < 1.29 is 14.3 Å². The number of benzene rings is 2. The van der Waals surface area contributed by atoms with Crippen molar-refractivity contribution in [1.29, 1.82) is 0 Å². The summed E-state index contributed by atoms with van der Waals surface area (Å²) >= 11 is 0. The zero-order valence-electron chi connectivity index (χ0n) is 10.5. The fourth-order valence-electron chi connectivity index (χ4n) is 2.16. The molecule has 0 radical (unpaired) electrons. The van der Waals surface area contributed by atoms with Crippen LogP contribution in [0.15, 0.2) is 48.7 Å². The molecule has 4 nitrogen and oxygen atoms in total. The summed E-state index contributed by atoms with van der Waals surface area (Å²) in [4.78, 5) is 10.8. The summed E-state index contributed by atoms with van der Waals surface area (Å²) in [6.45, 7) is 0.393. The minimum absolute atomic E-state index is 0.320. The molecule has 0 fully saturated rings. The summed E-state index contributed by atoms with van der Waals surface area (Å²) < 4.78 is 15.4. The highest BCUT2D eigenvalue weighted by atomic mass is 19.1. The lowest BCUT2D eigenvalue weighted by Crippen LogP contribution is -2.05. The summed E-state index contributed by atoms with van der Waals surface area (Å²) in [6, 6.07) is 11.8. The van der Waals surface area contributed by atoms with Crippen molar-refractivity contribution in [2.45, 2.75) is 6.54 Å². The van der Waals surface area contributed by atoms with Gasteiger partial charge in [-0.3, -0.25) is 4.68 Å². The SMILES string of the molecule is O=C(O)c1ccc(Cn2ncc3ccccc32)cc1F. The topological polar surface area (TPSA) is 55.1 Å². The zero-order valence-corrected chi connectivity index (χ0v) is 10.5. The average molecular weight is 270 g/mol. The fraction of sp³-hybridized carbons (Fsp3) is 0.0667. The van der Waals surface area contributed by atoms with Gasteiger partial charge in [-0.05, 0) is 23.8 Å². The van der Waals surface area contributed by atoms with Crippen molar-refractivity contribution in [1.82, 2.24) is 9.78 Å². The average Bonchev–Trinajstić information content (AvgIpc) is 2.82. The third-order valence-electron chi connectivity index (χ3n) is 3.15. The number of fused-ring (bicyclic) bond motifs is 1. The van der Waals surface area contributed by atoms with E-state index in [0.29, 0.717) is 12.1 Å². The van der Waals surface area contributed by atoms with Gasteiger partial charge in [0.1, 0.15) is 5.82 Å². The molecule has 1 N–H and O–H groups in total. The highest BCUT2D eigenvalue weighted by Crippen LogP contribution is 2.16. The maximum Gasteiger partial charge on any atom is 0.338 e. The van der Waals surface area contributed by atoms with Crippen molar-refractivity contribution >= 4 is 16.9 Å². The Balaban J connectivity index is 1.95. The second-order valence-electron chi connectivity index (χ2n) is 4.48. The molecule has 20 heavy (non-hydrogen) atoms. The van der Waals surface area contributed by atoms with E-state index in [9.17, 15) is 9.18 Å².